The van der Waals surface area contributed by atoms with Crippen LogP contribution in [-0.4, -0.2) is 66.7 Å². The molecule has 12 heteroatoms. The van der Waals surface area contributed by atoms with Crippen LogP contribution in [0.3, 0.4) is 0 Å². The van der Waals surface area contributed by atoms with E-state index in [1.165, 1.54) is 0 Å². The molecule has 0 spiro atoms. The van der Waals surface area contributed by atoms with Gasteiger partial charge in [-0.3, -0.25) is 9.59 Å². The van der Waals surface area contributed by atoms with Crippen LogP contribution in [-0.2, 0) is 19.2 Å². The van der Waals surface area contributed by atoms with Crippen LogP contribution in [0.4, 0.5) is 0 Å². The summed E-state index contributed by atoms with van der Waals surface area (Å²) in [6, 6.07) is 0. The van der Waals surface area contributed by atoms with Gasteiger partial charge in [-0.05, 0) is 0 Å². The van der Waals surface area contributed by atoms with Crippen molar-refractivity contribution in [1.29, 1.82) is 0 Å². The molecule has 0 heterocycles. The van der Waals surface area contributed by atoms with E-state index in [4.69, 9.17) is 45.1 Å². The Kier molecular flexibility index (Phi) is 14.2. The lowest BCUT2D eigenvalue weighted by atomic mass is 10.3. The summed E-state index contributed by atoms with van der Waals surface area (Å²) in [5, 5.41) is 51.7. The molecule has 98 valence electrons. The monoisotopic (exact) mass is 256 g/mol. The molecule has 0 aromatic rings. The van der Waals surface area contributed by atoms with Crippen LogP contribution in [0.2, 0.25) is 0 Å². The zero-order chi connectivity index (χ0) is 14.6. The molecule has 0 unspecified atom stereocenters. The van der Waals surface area contributed by atoms with Crippen molar-refractivity contribution in [1.82, 2.24) is 0 Å². The number of carbonyl (C=O) groups is 4. The fourth-order valence-corrected chi connectivity index (χ4v) is 0.129. The van der Waals surface area contributed by atoms with Gasteiger partial charge in [0.2, 0.25) is 0 Å². The number of carboxylic acid groups (broad SMARTS) is 4. The van der Waals surface area contributed by atoms with Gasteiger partial charge in [0, 0.05) is 0 Å². The van der Waals surface area contributed by atoms with Crippen molar-refractivity contribution in [2.24, 2.45) is 0 Å². The van der Waals surface area contributed by atoms with E-state index in [1.807, 2.05) is 0 Å². The van der Waals surface area contributed by atoms with Crippen LogP contribution < -0.4 is 0 Å². The maximum absolute atomic E-state index is 9.43. The van der Waals surface area contributed by atoms with Crippen LogP contribution in [0.5, 0.6) is 0 Å². The molecule has 0 aliphatic carbocycles. The molecular formula is C5H9BO11. The van der Waals surface area contributed by atoms with E-state index in [9.17, 15) is 9.59 Å². The van der Waals surface area contributed by atoms with E-state index >= 15 is 0 Å². The molecule has 7 N–H and O–H groups in total. The molecule has 0 bridgehead atoms. The fraction of sp³-hybridized carbons (Fsp3) is 0.200. The molecule has 0 fully saturated rings. The quantitative estimate of drug-likeness (QED) is 0.147. The zero-order valence-corrected chi connectivity index (χ0v) is 8.05. The van der Waals surface area contributed by atoms with Crippen molar-refractivity contribution >= 4 is 31.2 Å². The second kappa shape index (κ2) is 11.9. The predicted octanol–water partition coefficient (Wildman–Crippen LogP) is -3.35. The minimum atomic E-state index is -2.17. The van der Waals surface area contributed by atoms with Gasteiger partial charge in [0.25, 0.3) is 0 Å². The average Bonchev–Trinajstić information content (AvgIpc) is 2.00. The minimum Gasteiger partial charge on any atom is -0.481 e. The van der Waals surface area contributed by atoms with Gasteiger partial charge in [-0.1, -0.05) is 0 Å². The first-order valence-electron chi connectivity index (χ1n) is 3.44. The summed E-state index contributed by atoms with van der Waals surface area (Å²) in [7, 11) is -2.17. The number of hydrogen-bond acceptors (Lipinski definition) is 7. The standard InChI is InChI=1S/C3H4O4.C2H2O4.BH3O3/c4-2(5)1-3(6)7;3-1(4)2(5)6;2-1(3)4/h1H2,(H,4,5)(H,6,7);(H,3,4)(H,5,6);2-4H. The Hall–Kier alpha value is -2.18. The van der Waals surface area contributed by atoms with Gasteiger partial charge in [0.1, 0.15) is 6.42 Å². The van der Waals surface area contributed by atoms with Gasteiger partial charge in [-0.15, -0.1) is 0 Å². The van der Waals surface area contributed by atoms with Crippen molar-refractivity contribution in [3.63, 3.8) is 0 Å². The first-order valence-corrected chi connectivity index (χ1v) is 3.44. The second-order valence-corrected chi connectivity index (χ2v) is 1.92. The number of aliphatic carboxylic acids is 4. The lowest BCUT2D eigenvalue weighted by Crippen LogP contribution is -2.09. The number of carboxylic acids is 4. The second-order valence-electron chi connectivity index (χ2n) is 1.92. The van der Waals surface area contributed by atoms with Crippen molar-refractivity contribution in [3.8, 4) is 0 Å². The minimum absolute atomic E-state index is 0.806. The molecule has 0 saturated heterocycles. The normalized spacial score (nSPS) is 7.47. The zero-order valence-electron chi connectivity index (χ0n) is 8.05. The Morgan fingerprint density at radius 2 is 0.882 bits per heavy atom. The summed E-state index contributed by atoms with van der Waals surface area (Å²) >= 11 is 0. The highest BCUT2D eigenvalue weighted by Crippen LogP contribution is 1.74. The largest absolute Gasteiger partial charge is 0.631 e. The average molecular weight is 256 g/mol. The topological polar surface area (TPSA) is 210 Å². The van der Waals surface area contributed by atoms with Crippen LogP contribution in [0.15, 0.2) is 0 Å². The lowest BCUT2D eigenvalue weighted by molar-refractivity contribution is -0.159. The predicted molar refractivity (Wildman–Crippen MR) is 47.6 cm³/mol. The molecule has 0 aliphatic rings. The van der Waals surface area contributed by atoms with Gasteiger partial charge in [-0.25, -0.2) is 9.59 Å². The van der Waals surface area contributed by atoms with E-state index in [2.05, 4.69) is 0 Å². The van der Waals surface area contributed by atoms with E-state index in [0.717, 1.165) is 0 Å². The van der Waals surface area contributed by atoms with E-state index in [0.29, 0.717) is 0 Å². The Morgan fingerprint density at radius 1 is 0.706 bits per heavy atom. The van der Waals surface area contributed by atoms with Crippen molar-refractivity contribution in [2.45, 2.75) is 6.42 Å². The summed E-state index contributed by atoms with van der Waals surface area (Å²) in [6.45, 7) is 0. The summed E-state index contributed by atoms with van der Waals surface area (Å²) in [4.78, 5) is 37.1. The molecule has 17 heavy (non-hydrogen) atoms. The summed E-state index contributed by atoms with van der Waals surface area (Å²) in [5.74, 6) is -6.27. The molecule has 0 atom stereocenters. The molecular weight excluding hydrogens is 247 g/mol. The Bertz CT molecular complexity index is 244. The summed E-state index contributed by atoms with van der Waals surface area (Å²) < 4.78 is 0. The molecule has 0 rings (SSSR count). The lowest BCUT2D eigenvalue weighted by Gasteiger charge is -1.80. The molecule has 0 amide bonds. The van der Waals surface area contributed by atoms with Crippen molar-refractivity contribution < 1.29 is 54.7 Å². The first-order chi connectivity index (χ1) is 7.50. The third kappa shape index (κ3) is 57.0. The maximum atomic E-state index is 9.43. The third-order valence-corrected chi connectivity index (χ3v) is 0.485. The SMILES string of the molecule is O=C(O)C(=O)O.O=C(O)CC(=O)O.OB(O)O. The van der Waals surface area contributed by atoms with Crippen LogP contribution in [0.1, 0.15) is 6.42 Å². The summed E-state index contributed by atoms with van der Waals surface area (Å²) in [6.07, 6.45) is -0.806. The van der Waals surface area contributed by atoms with Crippen LogP contribution >= 0.6 is 0 Å². The third-order valence-electron chi connectivity index (χ3n) is 0.485. The van der Waals surface area contributed by atoms with Gasteiger partial charge < -0.3 is 35.5 Å². The number of rotatable bonds is 2. The molecule has 0 radical (unpaired) electrons. The first kappa shape index (κ1) is 20.3. The van der Waals surface area contributed by atoms with Gasteiger partial charge >= 0.3 is 31.2 Å². The molecule has 0 aromatic carbocycles. The van der Waals surface area contributed by atoms with E-state index in [1.54, 1.807) is 0 Å². The van der Waals surface area contributed by atoms with Crippen molar-refractivity contribution in [3.05, 3.63) is 0 Å². The number of hydrogen-bond donors (Lipinski definition) is 7. The highest BCUT2D eigenvalue weighted by Gasteiger charge is 2.04. The Balaban J connectivity index is -0.000000180. The molecule has 11 nitrogen and oxygen atoms in total. The highest BCUT2D eigenvalue weighted by molar-refractivity contribution is 6.30. The van der Waals surface area contributed by atoms with E-state index < -0.39 is 37.6 Å². The molecule has 0 aliphatic heterocycles. The maximum Gasteiger partial charge on any atom is 0.631 e. The molecule has 0 aromatic heterocycles. The molecule has 0 saturated carbocycles. The summed E-state index contributed by atoms with van der Waals surface area (Å²) in [5.41, 5.74) is 0. The van der Waals surface area contributed by atoms with Crippen LogP contribution in [0.25, 0.3) is 0 Å². The Morgan fingerprint density at radius 3 is 0.882 bits per heavy atom. The van der Waals surface area contributed by atoms with Gasteiger partial charge in [0.15, 0.2) is 0 Å². The van der Waals surface area contributed by atoms with Gasteiger partial charge in [0.05, 0.1) is 0 Å². The smallest absolute Gasteiger partial charge is 0.481 e. The van der Waals surface area contributed by atoms with Crippen molar-refractivity contribution in [2.75, 3.05) is 0 Å². The van der Waals surface area contributed by atoms with Gasteiger partial charge in [-0.2, -0.15) is 0 Å². The fourth-order valence-electron chi connectivity index (χ4n) is 0.129. The van der Waals surface area contributed by atoms with Crippen LogP contribution in [0, 0.1) is 0 Å². The highest BCUT2D eigenvalue weighted by atomic mass is 16.5. The van der Waals surface area contributed by atoms with E-state index in [-0.39, 0.29) is 0 Å². The Labute approximate surface area is 93.3 Å².